The molecule has 1 fully saturated rings. The Kier molecular flexibility index (Phi) is 5.09. The van der Waals surface area contributed by atoms with Gasteiger partial charge >= 0.3 is 0 Å². The minimum absolute atomic E-state index is 0.0362. The minimum atomic E-state index is 0.0362. The molecule has 0 aliphatic carbocycles. The van der Waals surface area contributed by atoms with Gasteiger partial charge in [-0.2, -0.15) is 0 Å². The monoisotopic (exact) mass is 212 g/mol. The van der Waals surface area contributed by atoms with E-state index in [0.717, 1.165) is 19.4 Å². The molecule has 3 nitrogen and oxygen atoms in total. The number of unbranched alkanes of at least 4 members (excludes halogenated alkanes) is 1. The molecule has 1 rings (SSSR count). The molecule has 1 heterocycles. The Morgan fingerprint density at radius 2 is 2.33 bits per heavy atom. The van der Waals surface area contributed by atoms with Gasteiger partial charge in [0.2, 0.25) is 5.91 Å². The van der Waals surface area contributed by atoms with Crippen LogP contribution in [0.2, 0.25) is 0 Å². The lowest BCUT2D eigenvalue weighted by Crippen LogP contribution is -2.46. The van der Waals surface area contributed by atoms with Crippen LogP contribution in [0.1, 0.15) is 46.5 Å². The van der Waals surface area contributed by atoms with Crippen LogP contribution in [0.25, 0.3) is 0 Å². The van der Waals surface area contributed by atoms with E-state index in [4.69, 9.17) is 0 Å². The van der Waals surface area contributed by atoms with Gasteiger partial charge in [-0.3, -0.25) is 4.79 Å². The SMILES string of the molecule is CCCCC(C)NC(=O)C1NCCC1C. The lowest BCUT2D eigenvalue weighted by atomic mass is 10.0. The number of amides is 1. The number of rotatable bonds is 5. The van der Waals surface area contributed by atoms with Crippen molar-refractivity contribution >= 4 is 5.91 Å². The Balaban J connectivity index is 2.28. The van der Waals surface area contributed by atoms with E-state index in [0.29, 0.717) is 12.0 Å². The van der Waals surface area contributed by atoms with Crippen LogP contribution in [0.3, 0.4) is 0 Å². The van der Waals surface area contributed by atoms with Gasteiger partial charge in [-0.25, -0.2) is 0 Å². The van der Waals surface area contributed by atoms with Crippen LogP contribution in [0, 0.1) is 5.92 Å². The fraction of sp³-hybridized carbons (Fsp3) is 0.917. The fourth-order valence-corrected chi connectivity index (χ4v) is 2.10. The summed E-state index contributed by atoms with van der Waals surface area (Å²) < 4.78 is 0. The molecule has 0 saturated carbocycles. The van der Waals surface area contributed by atoms with Crippen molar-refractivity contribution in [1.29, 1.82) is 0 Å². The first-order chi connectivity index (χ1) is 7.15. The van der Waals surface area contributed by atoms with Crippen LogP contribution < -0.4 is 10.6 Å². The van der Waals surface area contributed by atoms with Crippen molar-refractivity contribution in [1.82, 2.24) is 10.6 Å². The summed E-state index contributed by atoms with van der Waals surface area (Å²) in [5, 5.41) is 6.34. The molecule has 3 heteroatoms. The molecule has 0 aromatic rings. The van der Waals surface area contributed by atoms with Crippen LogP contribution in [0.15, 0.2) is 0 Å². The highest BCUT2D eigenvalue weighted by atomic mass is 16.2. The summed E-state index contributed by atoms with van der Waals surface area (Å²) in [5.41, 5.74) is 0. The third kappa shape index (κ3) is 3.82. The number of carbonyl (C=O) groups is 1. The predicted octanol–water partition coefficient (Wildman–Crippen LogP) is 1.68. The Morgan fingerprint density at radius 1 is 1.60 bits per heavy atom. The zero-order chi connectivity index (χ0) is 11.3. The predicted molar refractivity (Wildman–Crippen MR) is 62.7 cm³/mol. The van der Waals surface area contributed by atoms with E-state index < -0.39 is 0 Å². The summed E-state index contributed by atoms with van der Waals surface area (Å²) in [7, 11) is 0. The van der Waals surface area contributed by atoms with Crippen LogP contribution in [0.4, 0.5) is 0 Å². The van der Waals surface area contributed by atoms with E-state index in [-0.39, 0.29) is 11.9 Å². The highest BCUT2D eigenvalue weighted by Gasteiger charge is 2.29. The highest BCUT2D eigenvalue weighted by molar-refractivity contribution is 5.82. The number of nitrogens with one attached hydrogen (secondary N) is 2. The number of hydrogen-bond acceptors (Lipinski definition) is 2. The van der Waals surface area contributed by atoms with Gasteiger partial charge in [0.15, 0.2) is 0 Å². The molecule has 0 spiro atoms. The van der Waals surface area contributed by atoms with Crippen LogP contribution in [-0.2, 0) is 4.79 Å². The van der Waals surface area contributed by atoms with Gasteiger partial charge in [0, 0.05) is 6.04 Å². The Labute approximate surface area is 93.0 Å². The maximum atomic E-state index is 11.9. The van der Waals surface area contributed by atoms with Gasteiger partial charge in [-0.1, -0.05) is 26.7 Å². The van der Waals surface area contributed by atoms with E-state index in [9.17, 15) is 4.79 Å². The van der Waals surface area contributed by atoms with E-state index >= 15 is 0 Å². The molecular formula is C12H24N2O. The summed E-state index contributed by atoms with van der Waals surface area (Å²) in [6.07, 6.45) is 4.58. The molecule has 3 atom stereocenters. The molecule has 3 unspecified atom stereocenters. The average Bonchev–Trinajstić information content (AvgIpc) is 2.61. The smallest absolute Gasteiger partial charge is 0.237 e. The molecule has 1 aliphatic heterocycles. The average molecular weight is 212 g/mol. The van der Waals surface area contributed by atoms with E-state index in [1.807, 2.05) is 0 Å². The molecule has 88 valence electrons. The molecule has 1 aliphatic rings. The van der Waals surface area contributed by atoms with Crippen molar-refractivity contribution < 1.29 is 4.79 Å². The molecular weight excluding hydrogens is 188 g/mol. The van der Waals surface area contributed by atoms with Crippen molar-refractivity contribution in [2.45, 2.75) is 58.5 Å². The second-order valence-corrected chi connectivity index (χ2v) is 4.75. The fourth-order valence-electron chi connectivity index (χ4n) is 2.10. The van der Waals surface area contributed by atoms with E-state index in [1.165, 1.54) is 12.8 Å². The van der Waals surface area contributed by atoms with E-state index in [1.54, 1.807) is 0 Å². The first-order valence-electron chi connectivity index (χ1n) is 6.19. The van der Waals surface area contributed by atoms with Crippen molar-refractivity contribution in [3.63, 3.8) is 0 Å². The Bertz CT molecular complexity index is 206. The standard InChI is InChI=1S/C12H24N2O/c1-4-5-6-10(3)14-12(15)11-9(2)7-8-13-11/h9-11,13H,4-8H2,1-3H3,(H,14,15). The lowest BCUT2D eigenvalue weighted by molar-refractivity contribution is -0.124. The van der Waals surface area contributed by atoms with Gasteiger partial charge in [0.25, 0.3) is 0 Å². The first kappa shape index (κ1) is 12.5. The summed E-state index contributed by atoms with van der Waals surface area (Å²) in [6, 6.07) is 0.348. The van der Waals surface area contributed by atoms with Gasteiger partial charge < -0.3 is 10.6 Å². The zero-order valence-corrected chi connectivity index (χ0v) is 10.2. The van der Waals surface area contributed by atoms with Gasteiger partial charge in [0.05, 0.1) is 6.04 Å². The molecule has 0 aromatic heterocycles. The zero-order valence-electron chi connectivity index (χ0n) is 10.2. The number of hydrogen-bond donors (Lipinski definition) is 2. The van der Waals surface area contributed by atoms with Crippen molar-refractivity contribution in [3.8, 4) is 0 Å². The van der Waals surface area contributed by atoms with Crippen molar-refractivity contribution in [2.24, 2.45) is 5.92 Å². The first-order valence-corrected chi connectivity index (χ1v) is 6.19. The topological polar surface area (TPSA) is 41.1 Å². The van der Waals surface area contributed by atoms with Gasteiger partial charge in [-0.15, -0.1) is 0 Å². The molecule has 0 radical (unpaired) electrons. The lowest BCUT2D eigenvalue weighted by Gasteiger charge is -2.19. The van der Waals surface area contributed by atoms with Crippen molar-refractivity contribution in [3.05, 3.63) is 0 Å². The third-order valence-corrected chi connectivity index (χ3v) is 3.19. The molecule has 2 N–H and O–H groups in total. The minimum Gasteiger partial charge on any atom is -0.352 e. The van der Waals surface area contributed by atoms with Crippen LogP contribution in [0.5, 0.6) is 0 Å². The largest absolute Gasteiger partial charge is 0.352 e. The summed E-state index contributed by atoms with van der Waals surface area (Å²) in [4.78, 5) is 11.9. The van der Waals surface area contributed by atoms with Gasteiger partial charge in [-0.05, 0) is 32.2 Å². The second-order valence-electron chi connectivity index (χ2n) is 4.75. The molecule has 1 amide bonds. The summed E-state index contributed by atoms with van der Waals surface area (Å²) in [6.45, 7) is 7.38. The third-order valence-electron chi connectivity index (χ3n) is 3.19. The molecule has 1 saturated heterocycles. The maximum absolute atomic E-state index is 11.9. The Morgan fingerprint density at radius 3 is 2.87 bits per heavy atom. The van der Waals surface area contributed by atoms with Crippen LogP contribution in [-0.4, -0.2) is 24.5 Å². The second kappa shape index (κ2) is 6.11. The maximum Gasteiger partial charge on any atom is 0.237 e. The summed E-state index contributed by atoms with van der Waals surface area (Å²) >= 11 is 0. The van der Waals surface area contributed by atoms with Crippen LogP contribution >= 0.6 is 0 Å². The summed E-state index contributed by atoms with van der Waals surface area (Å²) in [5.74, 6) is 0.659. The molecule has 15 heavy (non-hydrogen) atoms. The number of carbonyl (C=O) groups excluding carboxylic acids is 1. The van der Waals surface area contributed by atoms with Crippen molar-refractivity contribution in [2.75, 3.05) is 6.54 Å². The quantitative estimate of drug-likeness (QED) is 0.728. The van der Waals surface area contributed by atoms with E-state index in [2.05, 4.69) is 31.4 Å². The molecule has 0 aromatic carbocycles. The highest BCUT2D eigenvalue weighted by Crippen LogP contribution is 2.14. The van der Waals surface area contributed by atoms with Gasteiger partial charge in [0.1, 0.15) is 0 Å². The molecule has 0 bridgehead atoms. The normalized spacial score (nSPS) is 27.7. The Hall–Kier alpha value is -0.570.